The number of hydrogen-bond donors (Lipinski definition) is 2. The molecule has 0 aliphatic carbocycles. The number of carboxylic acids is 1. The Morgan fingerprint density at radius 2 is 1.75 bits per heavy atom. The monoisotopic (exact) mass is 391 g/mol. The van der Waals surface area contributed by atoms with Gasteiger partial charge in [0.25, 0.3) is 5.91 Å². The van der Waals surface area contributed by atoms with E-state index in [4.69, 9.17) is 4.74 Å². The van der Waals surface area contributed by atoms with Crippen molar-refractivity contribution in [2.24, 2.45) is 0 Å². The van der Waals surface area contributed by atoms with Crippen LogP contribution < -0.4 is 5.32 Å². The second-order valence-corrected chi connectivity index (χ2v) is 6.17. The third-order valence-corrected chi connectivity index (χ3v) is 4.07. The van der Waals surface area contributed by atoms with Crippen molar-refractivity contribution in [3.05, 3.63) is 70.2 Å². The Labute approximate surface area is 148 Å². The van der Waals surface area contributed by atoms with Crippen molar-refractivity contribution in [3.8, 4) is 0 Å². The van der Waals surface area contributed by atoms with E-state index >= 15 is 0 Å². The number of carboxylic acid groups (broad SMARTS) is 1. The van der Waals surface area contributed by atoms with Crippen LogP contribution in [0.25, 0.3) is 0 Å². The van der Waals surface area contributed by atoms with Crippen molar-refractivity contribution in [2.75, 3.05) is 7.11 Å². The van der Waals surface area contributed by atoms with Crippen LogP contribution in [0, 0.1) is 0 Å². The fraction of sp³-hybridized carbons (Fsp3) is 0.222. The van der Waals surface area contributed by atoms with Gasteiger partial charge in [-0.1, -0.05) is 58.4 Å². The van der Waals surface area contributed by atoms with Crippen LogP contribution in [0.5, 0.6) is 0 Å². The highest BCUT2D eigenvalue weighted by Gasteiger charge is 2.26. The zero-order valence-corrected chi connectivity index (χ0v) is 14.7. The van der Waals surface area contributed by atoms with E-state index in [-0.39, 0.29) is 6.42 Å². The lowest BCUT2D eigenvalue weighted by atomic mass is 10.0. The highest BCUT2D eigenvalue weighted by molar-refractivity contribution is 9.10. The van der Waals surface area contributed by atoms with Crippen molar-refractivity contribution < 1.29 is 19.4 Å². The number of ether oxygens (including phenoxy) is 1. The molecule has 0 bridgehead atoms. The molecule has 1 amide bonds. The number of benzene rings is 2. The molecule has 0 heterocycles. The SMILES string of the molecule is CO[C@@H](C(=O)N[C@@H](Cc1ccc(Br)cc1)C(=O)O)c1ccccc1. The summed E-state index contributed by atoms with van der Waals surface area (Å²) >= 11 is 3.33. The summed E-state index contributed by atoms with van der Waals surface area (Å²) in [6, 6.07) is 15.2. The van der Waals surface area contributed by atoms with Gasteiger partial charge in [-0.3, -0.25) is 4.79 Å². The molecule has 2 N–H and O–H groups in total. The van der Waals surface area contributed by atoms with Gasteiger partial charge in [-0.05, 0) is 23.3 Å². The fourth-order valence-corrected chi connectivity index (χ4v) is 2.59. The van der Waals surface area contributed by atoms with Gasteiger partial charge in [0.15, 0.2) is 6.10 Å². The van der Waals surface area contributed by atoms with Crippen LogP contribution in [-0.2, 0) is 20.7 Å². The first-order valence-electron chi connectivity index (χ1n) is 7.36. The Hall–Kier alpha value is -2.18. The summed E-state index contributed by atoms with van der Waals surface area (Å²) < 4.78 is 6.14. The van der Waals surface area contributed by atoms with Crippen molar-refractivity contribution >= 4 is 27.8 Å². The number of methoxy groups -OCH3 is 1. The zero-order valence-electron chi connectivity index (χ0n) is 13.1. The van der Waals surface area contributed by atoms with Crippen molar-refractivity contribution in [1.29, 1.82) is 0 Å². The second-order valence-electron chi connectivity index (χ2n) is 5.26. The van der Waals surface area contributed by atoms with Crippen LogP contribution in [0.1, 0.15) is 17.2 Å². The highest BCUT2D eigenvalue weighted by atomic mass is 79.9. The topological polar surface area (TPSA) is 75.6 Å². The molecule has 2 aromatic rings. The third-order valence-electron chi connectivity index (χ3n) is 3.54. The summed E-state index contributed by atoms with van der Waals surface area (Å²) in [4.78, 5) is 23.9. The maximum atomic E-state index is 12.4. The molecule has 0 saturated carbocycles. The fourth-order valence-electron chi connectivity index (χ4n) is 2.33. The van der Waals surface area contributed by atoms with E-state index in [9.17, 15) is 14.7 Å². The Morgan fingerprint density at radius 1 is 1.12 bits per heavy atom. The van der Waals surface area contributed by atoms with Gasteiger partial charge in [-0.25, -0.2) is 4.79 Å². The second kappa shape index (κ2) is 8.61. The van der Waals surface area contributed by atoms with Crippen LogP contribution in [0.4, 0.5) is 0 Å². The van der Waals surface area contributed by atoms with Gasteiger partial charge in [-0.15, -0.1) is 0 Å². The first-order valence-corrected chi connectivity index (χ1v) is 8.16. The van der Waals surface area contributed by atoms with Gasteiger partial charge in [-0.2, -0.15) is 0 Å². The van der Waals surface area contributed by atoms with Gasteiger partial charge < -0.3 is 15.2 Å². The van der Waals surface area contributed by atoms with Crippen LogP contribution in [0.15, 0.2) is 59.1 Å². The normalized spacial score (nSPS) is 13.1. The van der Waals surface area contributed by atoms with Crippen LogP contribution in [0.2, 0.25) is 0 Å². The summed E-state index contributed by atoms with van der Waals surface area (Å²) in [5, 5.41) is 12.0. The molecule has 0 radical (unpaired) electrons. The van der Waals surface area contributed by atoms with E-state index in [1.54, 1.807) is 24.3 Å². The van der Waals surface area contributed by atoms with Crippen molar-refractivity contribution in [3.63, 3.8) is 0 Å². The first kappa shape index (κ1) is 18.2. The smallest absolute Gasteiger partial charge is 0.326 e. The molecule has 2 aromatic carbocycles. The largest absolute Gasteiger partial charge is 0.480 e. The van der Waals surface area contributed by atoms with Crippen molar-refractivity contribution in [1.82, 2.24) is 5.32 Å². The molecule has 0 unspecified atom stereocenters. The maximum absolute atomic E-state index is 12.4. The molecule has 6 heteroatoms. The van der Waals surface area contributed by atoms with E-state index in [0.29, 0.717) is 5.56 Å². The zero-order chi connectivity index (χ0) is 17.5. The molecule has 126 valence electrons. The lowest BCUT2D eigenvalue weighted by Crippen LogP contribution is -2.44. The molecule has 5 nitrogen and oxygen atoms in total. The molecule has 2 atom stereocenters. The standard InChI is InChI=1S/C18H18BrNO4/c1-24-16(13-5-3-2-4-6-13)17(21)20-15(18(22)23)11-12-7-9-14(19)10-8-12/h2-10,15-16H,11H2,1H3,(H,20,21)(H,22,23)/t15-,16+/m0/s1. The van der Waals surface area contributed by atoms with Gasteiger partial charge in [0.2, 0.25) is 0 Å². The van der Waals surface area contributed by atoms with E-state index in [0.717, 1.165) is 10.0 Å². The summed E-state index contributed by atoms with van der Waals surface area (Å²) in [5.41, 5.74) is 1.49. The average molecular weight is 392 g/mol. The summed E-state index contributed by atoms with van der Waals surface area (Å²) in [5.74, 6) is -1.57. The van der Waals surface area contributed by atoms with Crippen LogP contribution in [0.3, 0.4) is 0 Å². The molecular formula is C18H18BrNO4. The average Bonchev–Trinajstić information content (AvgIpc) is 2.57. The lowest BCUT2D eigenvalue weighted by Gasteiger charge is -2.20. The summed E-state index contributed by atoms with van der Waals surface area (Å²) in [6.45, 7) is 0. The number of nitrogens with one attached hydrogen (secondary N) is 1. The quantitative estimate of drug-likeness (QED) is 0.760. The van der Waals surface area contributed by atoms with E-state index < -0.39 is 24.0 Å². The van der Waals surface area contributed by atoms with Gasteiger partial charge in [0.1, 0.15) is 6.04 Å². The minimum absolute atomic E-state index is 0.194. The Morgan fingerprint density at radius 3 is 2.29 bits per heavy atom. The van der Waals surface area contributed by atoms with E-state index in [1.807, 2.05) is 30.3 Å². The molecule has 0 fully saturated rings. The predicted octanol–water partition coefficient (Wildman–Crippen LogP) is 2.95. The van der Waals surface area contributed by atoms with E-state index in [1.165, 1.54) is 7.11 Å². The van der Waals surface area contributed by atoms with Crippen molar-refractivity contribution in [2.45, 2.75) is 18.6 Å². The van der Waals surface area contributed by atoms with Gasteiger partial charge in [0, 0.05) is 18.0 Å². The minimum Gasteiger partial charge on any atom is -0.480 e. The number of amides is 1. The molecule has 2 rings (SSSR count). The minimum atomic E-state index is -1.09. The Bertz CT molecular complexity index is 688. The number of rotatable bonds is 7. The molecule has 0 spiro atoms. The van der Waals surface area contributed by atoms with Crippen LogP contribution in [-0.4, -0.2) is 30.1 Å². The number of carbonyl (C=O) groups excluding carboxylic acids is 1. The predicted molar refractivity (Wildman–Crippen MR) is 93.6 cm³/mol. The van der Waals surface area contributed by atoms with Crippen LogP contribution >= 0.6 is 15.9 Å². The molecule has 0 saturated heterocycles. The molecule has 0 aliphatic rings. The number of carbonyl (C=O) groups is 2. The maximum Gasteiger partial charge on any atom is 0.326 e. The van der Waals surface area contributed by atoms with Gasteiger partial charge in [0.05, 0.1) is 0 Å². The van der Waals surface area contributed by atoms with E-state index in [2.05, 4.69) is 21.2 Å². The molecule has 24 heavy (non-hydrogen) atoms. The Kier molecular flexibility index (Phi) is 6.52. The summed E-state index contributed by atoms with van der Waals surface area (Å²) in [7, 11) is 1.42. The third kappa shape index (κ3) is 4.91. The molecule has 0 aliphatic heterocycles. The lowest BCUT2D eigenvalue weighted by molar-refractivity contribution is -0.144. The highest BCUT2D eigenvalue weighted by Crippen LogP contribution is 2.17. The first-order chi connectivity index (χ1) is 11.5. The number of hydrogen-bond acceptors (Lipinski definition) is 3. The van der Waals surface area contributed by atoms with Gasteiger partial charge >= 0.3 is 5.97 Å². The number of aliphatic carboxylic acids is 1. The molecular weight excluding hydrogens is 374 g/mol. The molecule has 0 aromatic heterocycles. The number of halogens is 1. The Balaban J connectivity index is 2.10. The summed E-state index contributed by atoms with van der Waals surface area (Å²) in [6.07, 6.45) is -0.655.